The maximum Gasteiger partial charge on any atom is 0.257 e. The van der Waals surface area contributed by atoms with E-state index < -0.39 is 17.4 Å². The number of pyridine rings is 1. The van der Waals surface area contributed by atoms with Crippen molar-refractivity contribution in [1.82, 2.24) is 9.88 Å². The van der Waals surface area contributed by atoms with Crippen LogP contribution in [0.1, 0.15) is 65.9 Å². The zero-order chi connectivity index (χ0) is 25.7. The number of rotatable bonds is 6. The lowest BCUT2D eigenvalue weighted by Gasteiger charge is -2.41. The predicted molar refractivity (Wildman–Crippen MR) is 138 cm³/mol. The summed E-state index contributed by atoms with van der Waals surface area (Å²) in [6, 6.07) is 16.2. The van der Waals surface area contributed by atoms with Gasteiger partial charge in [-0.2, -0.15) is 0 Å². The van der Waals surface area contributed by atoms with Gasteiger partial charge in [0.2, 0.25) is 0 Å². The zero-order valence-corrected chi connectivity index (χ0v) is 21.6. The highest BCUT2D eigenvalue weighted by atomic mass is 35.5. The van der Waals surface area contributed by atoms with Gasteiger partial charge in [-0.25, -0.2) is 0 Å². The molecule has 8 heteroatoms. The molecule has 1 amide bonds. The van der Waals surface area contributed by atoms with E-state index in [2.05, 4.69) is 4.98 Å². The fourth-order valence-electron chi connectivity index (χ4n) is 5.12. The van der Waals surface area contributed by atoms with Gasteiger partial charge in [-0.3, -0.25) is 14.7 Å². The summed E-state index contributed by atoms with van der Waals surface area (Å²) in [4.78, 5) is 20.2. The first kappa shape index (κ1) is 25.2. The summed E-state index contributed by atoms with van der Waals surface area (Å²) in [5.74, 6) is -0.235. The van der Waals surface area contributed by atoms with E-state index in [-0.39, 0.29) is 18.6 Å². The van der Waals surface area contributed by atoms with Crippen molar-refractivity contribution in [3.05, 3.63) is 98.8 Å². The highest BCUT2D eigenvalue weighted by Gasteiger charge is 2.54. The molecule has 1 saturated carbocycles. The van der Waals surface area contributed by atoms with Crippen LogP contribution >= 0.6 is 23.2 Å². The minimum Gasteiger partial charge on any atom is -0.393 e. The van der Waals surface area contributed by atoms with Crippen LogP contribution < -0.4 is 0 Å². The van der Waals surface area contributed by atoms with E-state index in [9.17, 15) is 15.0 Å². The van der Waals surface area contributed by atoms with E-state index in [0.717, 1.165) is 5.56 Å². The third-order valence-corrected chi connectivity index (χ3v) is 7.46. The maximum absolute atomic E-state index is 14.1. The molecule has 36 heavy (non-hydrogen) atoms. The SMILES string of the molecule is CC(C)(O)c1ccc2c(c1)C(=O)N(Cc1ccc(Cl)cn1)C2(OC1CCC(O)C1)c1ccc(Cl)cc1. The number of aliphatic hydroxyl groups is 2. The van der Waals surface area contributed by atoms with Crippen LogP contribution in [0.4, 0.5) is 0 Å². The first-order valence-electron chi connectivity index (χ1n) is 12.0. The normalized spacial score (nSPS) is 23.8. The number of halogens is 2. The second kappa shape index (κ2) is 9.43. The third-order valence-electron chi connectivity index (χ3n) is 6.99. The van der Waals surface area contributed by atoms with Crippen LogP contribution in [-0.2, 0) is 22.6 Å². The molecule has 1 aliphatic carbocycles. The Labute approximate surface area is 220 Å². The molecule has 1 fully saturated rings. The molecule has 2 N–H and O–H groups in total. The summed E-state index contributed by atoms with van der Waals surface area (Å²) in [5.41, 5.74) is 0.755. The van der Waals surface area contributed by atoms with Gasteiger partial charge < -0.3 is 14.9 Å². The Morgan fingerprint density at radius 3 is 2.42 bits per heavy atom. The fourth-order valence-corrected chi connectivity index (χ4v) is 5.36. The van der Waals surface area contributed by atoms with Gasteiger partial charge in [0.25, 0.3) is 5.91 Å². The van der Waals surface area contributed by atoms with Crippen molar-refractivity contribution in [2.75, 3.05) is 0 Å². The van der Waals surface area contributed by atoms with E-state index >= 15 is 0 Å². The van der Waals surface area contributed by atoms with E-state index in [1.54, 1.807) is 55.3 Å². The molecule has 2 aromatic carbocycles. The average Bonchev–Trinajstić information content (AvgIpc) is 3.35. The van der Waals surface area contributed by atoms with Gasteiger partial charge in [0.1, 0.15) is 0 Å². The minimum atomic E-state index is -1.27. The number of amides is 1. The molecule has 0 radical (unpaired) electrons. The zero-order valence-electron chi connectivity index (χ0n) is 20.1. The average molecular weight is 527 g/mol. The second-order valence-corrected chi connectivity index (χ2v) is 10.9. The number of carbonyl (C=O) groups excluding carboxylic acids is 1. The van der Waals surface area contributed by atoms with Crippen LogP contribution in [0.5, 0.6) is 0 Å². The summed E-state index contributed by atoms with van der Waals surface area (Å²) in [7, 11) is 0. The number of hydrogen-bond acceptors (Lipinski definition) is 5. The molecule has 1 aromatic heterocycles. The largest absolute Gasteiger partial charge is 0.393 e. The van der Waals surface area contributed by atoms with Crippen molar-refractivity contribution >= 4 is 29.1 Å². The van der Waals surface area contributed by atoms with Crippen LogP contribution in [0.15, 0.2) is 60.8 Å². The molecule has 6 nitrogen and oxygen atoms in total. The molecular formula is C28H28Cl2N2O4. The Kier molecular flexibility index (Phi) is 6.60. The molecule has 188 valence electrons. The molecule has 3 atom stereocenters. The van der Waals surface area contributed by atoms with Crippen molar-refractivity contribution in [1.29, 1.82) is 0 Å². The number of aliphatic hydroxyl groups excluding tert-OH is 1. The highest BCUT2D eigenvalue weighted by molar-refractivity contribution is 6.30. The number of hydrogen-bond donors (Lipinski definition) is 2. The second-order valence-electron chi connectivity index (χ2n) is 10.0. The van der Waals surface area contributed by atoms with Gasteiger partial charge in [-0.05, 0) is 69.0 Å². The van der Waals surface area contributed by atoms with Gasteiger partial charge in [-0.15, -0.1) is 0 Å². The van der Waals surface area contributed by atoms with Crippen LogP contribution in [0.25, 0.3) is 0 Å². The van der Waals surface area contributed by atoms with E-state index in [1.165, 1.54) is 0 Å². The fraction of sp³-hybridized carbons (Fsp3) is 0.357. The standard InChI is InChI=1S/C28H28Cl2N2O4/c1-27(2,35)18-5-12-25-24(13-18)26(34)32(16-21-9-8-20(30)15-31-21)28(25,17-3-6-19(29)7-4-17)36-23-11-10-22(33)14-23/h3-9,12-13,15,22-23,33,35H,10-11,14,16H2,1-2H3. The summed E-state index contributed by atoms with van der Waals surface area (Å²) in [5, 5.41) is 22.0. The summed E-state index contributed by atoms with van der Waals surface area (Å²) >= 11 is 12.3. The Balaban J connectivity index is 1.71. The molecule has 2 aliphatic rings. The highest BCUT2D eigenvalue weighted by Crippen LogP contribution is 2.49. The Morgan fingerprint density at radius 1 is 1.08 bits per heavy atom. The van der Waals surface area contributed by atoms with E-state index in [1.807, 2.05) is 24.3 Å². The predicted octanol–water partition coefficient (Wildman–Crippen LogP) is 5.40. The number of ether oxygens (including phenoxy) is 1. The van der Waals surface area contributed by atoms with Crippen LogP contribution in [0.2, 0.25) is 10.0 Å². The molecule has 3 unspecified atom stereocenters. The molecule has 0 bridgehead atoms. The maximum atomic E-state index is 14.1. The Morgan fingerprint density at radius 2 is 1.81 bits per heavy atom. The van der Waals surface area contributed by atoms with Gasteiger partial charge in [0.15, 0.2) is 5.72 Å². The Bertz CT molecular complexity index is 1270. The van der Waals surface area contributed by atoms with Gasteiger partial charge >= 0.3 is 0 Å². The number of aromatic nitrogens is 1. The monoisotopic (exact) mass is 526 g/mol. The van der Waals surface area contributed by atoms with Crippen molar-refractivity contribution < 1.29 is 19.7 Å². The lowest BCUT2D eigenvalue weighted by molar-refractivity contribution is -0.147. The van der Waals surface area contributed by atoms with Crippen LogP contribution in [0, 0.1) is 0 Å². The molecule has 5 rings (SSSR count). The number of nitrogens with zero attached hydrogens (tertiary/aromatic N) is 2. The third kappa shape index (κ3) is 4.53. The molecule has 0 spiro atoms. The van der Waals surface area contributed by atoms with E-state index in [0.29, 0.717) is 51.7 Å². The molecule has 1 aliphatic heterocycles. The van der Waals surface area contributed by atoms with E-state index in [4.69, 9.17) is 27.9 Å². The molecular weight excluding hydrogens is 499 g/mol. The first-order valence-corrected chi connectivity index (χ1v) is 12.8. The quantitative estimate of drug-likeness (QED) is 0.449. The van der Waals surface area contributed by atoms with Crippen molar-refractivity contribution in [3.63, 3.8) is 0 Å². The number of benzene rings is 2. The van der Waals surface area contributed by atoms with Crippen molar-refractivity contribution in [3.8, 4) is 0 Å². The topological polar surface area (TPSA) is 82.9 Å². The van der Waals surface area contributed by atoms with Crippen molar-refractivity contribution in [2.45, 2.75) is 63.2 Å². The molecule has 2 heterocycles. The number of carbonyl (C=O) groups is 1. The lowest BCUT2D eigenvalue weighted by atomic mass is 9.89. The number of fused-ring (bicyclic) bond motifs is 1. The van der Waals surface area contributed by atoms with Crippen molar-refractivity contribution in [2.24, 2.45) is 0 Å². The van der Waals surface area contributed by atoms with Gasteiger partial charge in [0, 0.05) is 27.9 Å². The minimum absolute atomic E-state index is 0.167. The Hall–Kier alpha value is -2.48. The van der Waals surface area contributed by atoms with Crippen LogP contribution in [0.3, 0.4) is 0 Å². The lowest BCUT2D eigenvalue weighted by Crippen LogP contribution is -2.48. The summed E-state index contributed by atoms with van der Waals surface area (Å²) < 4.78 is 6.87. The summed E-state index contributed by atoms with van der Waals surface area (Å²) in [6.45, 7) is 3.54. The molecule has 0 saturated heterocycles. The van der Waals surface area contributed by atoms with Gasteiger partial charge in [0.05, 0.1) is 35.1 Å². The smallest absolute Gasteiger partial charge is 0.257 e. The molecule has 3 aromatic rings. The summed E-state index contributed by atoms with van der Waals surface area (Å²) in [6.07, 6.45) is 2.64. The first-order chi connectivity index (χ1) is 17.1. The van der Waals surface area contributed by atoms with Crippen LogP contribution in [-0.4, -0.2) is 38.2 Å². The van der Waals surface area contributed by atoms with Gasteiger partial charge in [-0.1, -0.05) is 47.5 Å².